The van der Waals surface area contributed by atoms with Gasteiger partial charge in [-0.3, -0.25) is 5.43 Å². The Kier molecular flexibility index (Phi) is 5.75. The third-order valence-electron chi connectivity index (χ3n) is 2.28. The summed E-state index contributed by atoms with van der Waals surface area (Å²) in [5.41, 5.74) is 2.37. The van der Waals surface area contributed by atoms with Crippen molar-refractivity contribution in [3.05, 3.63) is 0 Å². The average molecular weight is 265 g/mol. The summed E-state index contributed by atoms with van der Waals surface area (Å²) in [6.45, 7) is 4.85. The summed E-state index contributed by atoms with van der Waals surface area (Å²) in [5, 5.41) is 8.82. The molecule has 0 bridgehead atoms. The highest BCUT2D eigenvalue weighted by Crippen LogP contribution is 2.14. The van der Waals surface area contributed by atoms with E-state index in [1.165, 1.54) is 0 Å². The molecule has 0 aliphatic carbocycles. The van der Waals surface area contributed by atoms with Crippen molar-refractivity contribution >= 4 is 11.9 Å². The highest BCUT2D eigenvalue weighted by molar-refractivity contribution is 5.37. The van der Waals surface area contributed by atoms with E-state index in [9.17, 15) is 0 Å². The van der Waals surface area contributed by atoms with Crippen molar-refractivity contribution in [2.75, 3.05) is 30.5 Å². The largest absolute Gasteiger partial charge is 0.463 e. The maximum absolute atomic E-state index is 8.82. The number of hydrogen-bond acceptors (Lipinski definition) is 8. The van der Waals surface area contributed by atoms with Gasteiger partial charge in [-0.1, -0.05) is 6.92 Å². The van der Waals surface area contributed by atoms with E-state index >= 15 is 0 Å². The summed E-state index contributed by atoms with van der Waals surface area (Å²) >= 11 is 0. The minimum atomic E-state index is -0.129. The summed E-state index contributed by atoms with van der Waals surface area (Å²) < 4.78 is 5.37. The molecule has 8 nitrogen and oxygen atoms in total. The van der Waals surface area contributed by atoms with E-state index in [-0.39, 0.29) is 17.9 Å². The molecule has 0 saturated carbocycles. The van der Waals surface area contributed by atoms with E-state index in [1.54, 1.807) is 11.9 Å². The zero-order chi connectivity index (χ0) is 14.3. The number of hydrazine groups is 1. The predicted octanol–water partition coefficient (Wildman–Crippen LogP) is 0.542. The molecule has 1 aromatic heterocycles. The quantitative estimate of drug-likeness (QED) is 0.542. The molecule has 0 saturated heterocycles. The van der Waals surface area contributed by atoms with Gasteiger partial charge in [0.15, 0.2) is 0 Å². The number of nitrogens with zero attached hydrogens (tertiary/aromatic N) is 5. The fraction of sp³-hybridized carbons (Fsp3) is 0.636. The number of hydrogen-bond donors (Lipinski definition) is 2. The van der Waals surface area contributed by atoms with Crippen LogP contribution in [0.15, 0.2) is 0 Å². The van der Waals surface area contributed by atoms with Crippen LogP contribution in [0.3, 0.4) is 0 Å². The van der Waals surface area contributed by atoms with Crippen LogP contribution in [-0.2, 0) is 0 Å². The molecule has 19 heavy (non-hydrogen) atoms. The van der Waals surface area contributed by atoms with Crippen LogP contribution >= 0.6 is 0 Å². The lowest BCUT2D eigenvalue weighted by Crippen LogP contribution is -2.26. The van der Waals surface area contributed by atoms with Crippen molar-refractivity contribution < 1.29 is 4.74 Å². The number of nitrogen functional groups attached to an aromatic ring is 1. The SMILES string of the molecule is CCCOc1nc(NN)nc(N(C)CC(C)C#N)n1. The lowest BCUT2D eigenvalue weighted by atomic mass is 10.2. The van der Waals surface area contributed by atoms with E-state index in [0.29, 0.717) is 19.1 Å². The van der Waals surface area contributed by atoms with Gasteiger partial charge in [0.1, 0.15) is 0 Å². The van der Waals surface area contributed by atoms with E-state index in [4.69, 9.17) is 15.8 Å². The number of aromatic nitrogens is 3. The van der Waals surface area contributed by atoms with Crippen LogP contribution in [0.2, 0.25) is 0 Å². The molecular weight excluding hydrogens is 246 g/mol. The Balaban J connectivity index is 2.89. The predicted molar refractivity (Wildman–Crippen MR) is 71.5 cm³/mol. The van der Waals surface area contributed by atoms with Gasteiger partial charge >= 0.3 is 6.01 Å². The van der Waals surface area contributed by atoms with Crippen molar-refractivity contribution in [2.45, 2.75) is 20.3 Å². The van der Waals surface area contributed by atoms with E-state index in [1.807, 2.05) is 13.8 Å². The Hall–Kier alpha value is -2.14. The first-order valence-electron chi connectivity index (χ1n) is 6.07. The Labute approximate surface area is 112 Å². The zero-order valence-electron chi connectivity index (χ0n) is 11.4. The highest BCUT2D eigenvalue weighted by Gasteiger charge is 2.13. The second-order valence-electron chi connectivity index (χ2n) is 4.15. The minimum absolute atomic E-state index is 0.129. The maximum Gasteiger partial charge on any atom is 0.323 e. The Bertz CT molecular complexity index is 445. The molecule has 104 valence electrons. The van der Waals surface area contributed by atoms with Gasteiger partial charge in [0.25, 0.3) is 0 Å². The first kappa shape index (κ1) is 14.9. The van der Waals surface area contributed by atoms with Gasteiger partial charge in [-0.2, -0.15) is 20.2 Å². The number of nitriles is 1. The Morgan fingerprint density at radius 1 is 1.47 bits per heavy atom. The summed E-state index contributed by atoms with van der Waals surface area (Å²) in [5.74, 6) is 5.83. The Morgan fingerprint density at radius 2 is 2.21 bits per heavy atom. The number of rotatable bonds is 7. The summed E-state index contributed by atoms with van der Waals surface area (Å²) in [6.07, 6.45) is 0.855. The summed E-state index contributed by atoms with van der Waals surface area (Å²) in [7, 11) is 1.80. The second-order valence-corrected chi connectivity index (χ2v) is 4.15. The van der Waals surface area contributed by atoms with Gasteiger partial charge in [0.05, 0.1) is 18.6 Å². The molecule has 0 spiro atoms. The molecule has 0 fully saturated rings. The maximum atomic E-state index is 8.82. The van der Waals surface area contributed by atoms with Crippen LogP contribution in [0.4, 0.5) is 11.9 Å². The fourth-order valence-corrected chi connectivity index (χ4v) is 1.37. The van der Waals surface area contributed by atoms with Gasteiger partial charge in [0, 0.05) is 13.6 Å². The first-order chi connectivity index (χ1) is 9.10. The summed E-state index contributed by atoms with van der Waals surface area (Å²) in [6, 6.07) is 2.38. The van der Waals surface area contributed by atoms with Crippen molar-refractivity contribution in [2.24, 2.45) is 11.8 Å². The van der Waals surface area contributed by atoms with Crippen LogP contribution in [0.25, 0.3) is 0 Å². The Morgan fingerprint density at radius 3 is 2.79 bits per heavy atom. The molecule has 0 aromatic carbocycles. The van der Waals surface area contributed by atoms with E-state index in [2.05, 4.69) is 26.4 Å². The van der Waals surface area contributed by atoms with Gasteiger partial charge in [-0.05, 0) is 13.3 Å². The smallest absolute Gasteiger partial charge is 0.323 e. The average Bonchev–Trinajstić information content (AvgIpc) is 2.44. The molecule has 0 amide bonds. The molecule has 0 aliphatic rings. The molecule has 1 aromatic rings. The van der Waals surface area contributed by atoms with Crippen LogP contribution < -0.4 is 20.9 Å². The van der Waals surface area contributed by atoms with E-state index in [0.717, 1.165) is 6.42 Å². The van der Waals surface area contributed by atoms with Crippen molar-refractivity contribution in [3.8, 4) is 12.1 Å². The van der Waals surface area contributed by atoms with Crippen LogP contribution in [0.1, 0.15) is 20.3 Å². The highest BCUT2D eigenvalue weighted by atomic mass is 16.5. The van der Waals surface area contributed by atoms with Gasteiger partial charge in [0.2, 0.25) is 11.9 Å². The lowest BCUT2D eigenvalue weighted by Gasteiger charge is -2.18. The number of ether oxygens (including phenoxy) is 1. The normalized spacial score (nSPS) is 11.5. The standard InChI is InChI=1S/C11H19N7O/c1-4-5-19-11-15-9(17-13)14-10(16-11)18(3)7-8(2)6-12/h8H,4-5,7,13H2,1-3H3,(H,14,15,16,17). The zero-order valence-corrected chi connectivity index (χ0v) is 11.4. The van der Waals surface area contributed by atoms with Crippen LogP contribution in [0, 0.1) is 17.2 Å². The first-order valence-corrected chi connectivity index (χ1v) is 6.07. The molecule has 1 rings (SSSR count). The number of anilines is 2. The topological polar surface area (TPSA) is 113 Å². The second kappa shape index (κ2) is 7.33. The molecule has 0 aliphatic heterocycles. The third-order valence-corrected chi connectivity index (χ3v) is 2.28. The van der Waals surface area contributed by atoms with Crippen LogP contribution in [-0.4, -0.2) is 35.2 Å². The monoisotopic (exact) mass is 265 g/mol. The molecule has 0 radical (unpaired) electrons. The van der Waals surface area contributed by atoms with Crippen molar-refractivity contribution in [1.82, 2.24) is 15.0 Å². The van der Waals surface area contributed by atoms with Crippen molar-refractivity contribution in [1.29, 1.82) is 5.26 Å². The third kappa shape index (κ3) is 4.56. The molecule has 3 N–H and O–H groups in total. The molecule has 1 unspecified atom stereocenters. The number of nitrogens with two attached hydrogens (primary N) is 1. The van der Waals surface area contributed by atoms with Crippen LogP contribution in [0.5, 0.6) is 6.01 Å². The molecular formula is C11H19N7O. The van der Waals surface area contributed by atoms with Gasteiger partial charge < -0.3 is 9.64 Å². The van der Waals surface area contributed by atoms with Gasteiger partial charge in [-0.15, -0.1) is 0 Å². The van der Waals surface area contributed by atoms with Gasteiger partial charge in [-0.25, -0.2) is 5.84 Å². The lowest BCUT2D eigenvalue weighted by molar-refractivity contribution is 0.292. The number of nitrogens with one attached hydrogen (secondary N) is 1. The van der Waals surface area contributed by atoms with E-state index < -0.39 is 0 Å². The fourth-order valence-electron chi connectivity index (χ4n) is 1.37. The molecule has 1 atom stereocenters. The van der Waals surface area contributed by atoms with Crippen molar-refractivity contribution in [3.63, 3.8) is 0 Å². The molecule has 1 heterocycles. The minimum Gasteiger partial charge on any atom is -0.463 e. The summed E-state index contributed by atoms with van der Waals surface area (Å²) in [4.78, 5) is 14.1. The molecule has 8 heteroatoms.